The van der Waals surface area contributed by atoms with Gasteiger partial charge in [0.05, 0.1) is 12.1 Å². The summed E-state index contributed by atoms with van der Waals surface area (Å²) in [5, 5.41) is 3.61. The quantitative estimate of drug-likeness (QED) is 0.591. The predicted octanol–water partition coefficient (Wildman–Crippen LogP) is 4.71. The van der Waals surface area contributed by atoms with Crippen molar-refractivity contribution in [2.75, 3.05) is 13.2 Å². The maximum Gasteiger partial charge on any atom is 0.0741 e. The lowest BCUT2D eigenvalue weighted by Gasteiger charge is -2.26. The van der Waals surface area contributed by atoms with Crippen molar-refractivity contribution in [3.8, 4) is 0 Å². The van der Waals surface area contributed by atoms with Crippen LogP contribution < -0.4 is 5.32 Å². The van der Waals surface area contributed by atoms with Gasteiger partial charge in [0, 0.05) is 6.61 Å². The molecule has 0 saturated carbocycles. The van der Waals surface area contributed by atoms with Crippen molar-refractivity contribution >= 4 is 0 Å². The first kappa shape index (κ1) is 17.2. The Morgan fingerprint density at radius 2 is 1.75 bits per heavy atom. The smallest absolute Gasteiger partial charge is 0.0741 e. The lowest BCUT2D eigenvalue weighted by Crippen LogP contribution is -2.32. The minimum absolute atomic E-state index is 0.213. The zero-order valence-electron chi connectivity index (χ0n) is 13.4. The minimum atomic E-state index is 0.213. The fourth-order valence-corrected chi connectivity index (χ4v) is 2.41. The average Bonchev–Trinajstić information content (AvgIpc) is 2.48. The van der Waals surface area contributed by atoms with Gasteiger partial charge in [-0.2, -0.15) is 0 Å². The van der Waals surface area contributed by atoms with Crippen LogP contribution in [0.15, 0.2) is 30.3 Å². The maximum atomic E-state index is 6.04. The minimum Gasteiger partial charge on any atom is -0.377 e. The van der Waals surface area contributed by atoms with Crippen molar-refractivity contribution in [3.63, 3.8) is 0 Å². The van der Waals surface area contributed by atoms with E-state index >= 15 is 0 Å². The zero-order valence-corrected chi connectivity index (χ0v) is 13.4. The van der Waals surface area contributed by atoms with E-state index in [0.29, 0.717) is 6.04 Å². The van der Waals surface area contributed by atoms with Gasteiger partial charge in [-0.25, -0.2) is 0 Å². The highest BCUT2D eigenvalue weighted by atomic mass is 16.5. The van der Waals surface area contributed by atoms with E-state index in [2.05, 4.69) is 56.4 Å². The van der Waals surface area contributed by atoms with Crippen molar-refractivity contribution in [1.29, 1.82) is 0 Å². The van der Waals surface area contributed by atoms with Gasteiger partial charge >= 0.3 is 0 Å². The zero-order chi connectivity index (χ0) is 14.6. The fourth-order valence-electron chi connectivity index (χ4n) is 2.41. The Balaban J connectivity index is 2.46. The molecule has 0 spiro atoms. The molecule has 20 heavy (non-hydrogen) atoms. The van der Waals surface area contributed by atoms with Gasteiger partial charge in [-0.1, -0.05) is 63.4 Å². The lowest BCUT2D eigenvalue weighted by atomic mass is 10.0. The Morgan fingerprint density at radius 1 is 1.00 bits per heavy atom. The van der Waals surface area contributed by atoms with Crippen LogP contribution >= 0.6 is 0 Å². The molecule has 0 aromatic heterocycles. The van der Waals surface area contributed by atoms with Crippen molar-refractivity contribution < 1.29 is 4.74 Å². The molecule has 0 bridgehead atoms. The van der Waals surface area contributed by atoms with Crippen LogP contribution in [0.1, 0.15) is 64.5 Å². The van der Waals surface area contributed by atoms with Crippen LogP contribution in [0.4, 0.5) is 0 Å². The Kier molecular flexibility index (Phi) is 9.35. The second-order valence-electron chi connectivity index (χ2n) is 5.48. The van der Waals surface area contributed by atoms with Crippen LogP contribution in [0.2, 0.25) is 0 Å². The van der Waals surface area contributed by atoms with E-state index in [4.69, 9.17) is 4.74 Å². The summed E-state index contributed by atoms with van der Waals surface area (Å²) >= 11 is 0. The van der Waals surface area contributed by atoms with Crippen molar-refractivity contribution in [2.24, 2.45) is 0 Å². The SMILES string of the molecule is CCCCCCOC(C)C(NCCC)c1ccccc1. The number of unbranched alkanes of at least 4 members (excludes halogenated alkanes) is 3. The molecule has 2 atom stereocenters. The van der Waals surface area contributed by atoms with Gasteiger partial charge in [-0.3, -0.25) is 0 Å². The monoisotopic (exact) mass is 277 g/mol. The molecular formula is C18H31NO. The highest BCUT2D eigenvalue weighted by molar-refractivity contribution is 5.19. The fraction of sp³-hybridized carbons (Fsp3) is 0.667. The van der Waals surface area contributed by atoms with E-state index in [9.17, 15) is 0 Å². The summed E-state index contributed by atoms with van der Waals surface area (Å²) in [5.41, 5.74) is 1.32. The van der Waals surface area contributed by atoms with E-state index in [1.165, 1.54) is 31.2 Å². The first-order chi connectivity index (χ1) is 9.79. The third kappa shape index (κ3) is 6.53. The molecule has 2 unspecified atom stereocenters. The predicted molar refractivity (Wildman–Crippen MR) is 87.0 cm³/mol. The van der Waals surface area contributed by atoms with Gasteiger partial charge in [-0.15, -0.1) is 0 Å². The second kappa shape index (κ2) is 10.9. The summed E-state index contributed by atoms with van der Waals surface area (Å²) in [4.78, 5) is 0. The Hall–Kier alpha value is -0.860. The standard InChI is InChI=1S/C18H31NO/c1-4-6-7-11-15-20-16(3)18(19-14-5-2)17-12-9-8-10-13-17/h8-10,12-13,16,18-19H,4-7,11,14-15H2,1-3H3. The van der Waals surface area contributed by atoms with E-state index in [1.54, 1.807) is 0 Å². The number of hydrogen-bond donors (Lipinski definition) is 1. The number of ether oxygens (including phenoxy) is 1. The molecule has 1 rings (SSSR count). The molecule has 0 fully saturated rings. The van der Waals surface area contributed by atoms with Crippen molar-refractivity contribution in [1.82, 2.24) is 5.32 Å². The molecule has 1 N–H and O–H groups in total. The maximum absolute atomic E-state index is 6.04. The van der Waals surface area contributed by atoms with Gasteiger partial charge in [0.2, 0.25) is 0 Å². The number of benzene rings is 1. The normalized spacial score (nSPS) is 14.2. The number of nitrogens with one attached hydrogen (secondary N) is 1. The van der Waals surface area contributed by atoms with Crippen LogP contribution in [-0.2, 0) is 4.74 Å². The molecule has 1 aromatic carbocycles. The van der Waals surface area contributed by atoms with Gasteiger partial charge in [-0.05, 0) is 31.9 Å². The van der Waals surface area contributed by atoms with Gasteiger partial charge in [0.15, 0.2) is 0 Å². The molecule has 0 radical (unpaired) electrons. The molecule has 2 heteroatoms. The molecule has 0 heterocycles. The van der Waals surface area contributed by atoms with Crippen LogP contribution in [-0.4, -0.2) is 19.3 Å². The van der Waals surface area contributed by atoms with Gasteiger partial charge in [0.25, 0.3) is 0 Å². The van der Waals surface area contributed by atoms with Gasteiger partial charge < -0.3 is 10.1 Å². The highest BCUT2D eigenvalue weighted by Crippen LogP contribution is 2.19. The van der Waals surface area contributed by atoms with E-state index in [0.717, 1.165) is 19.6 Å². The summed E-state index contributed by atoms with van der Waals surface area (Å²) in [7, 11) is 0. The molecule has 0 aliphatic rings. The first-order valence-corrected chi connectivity index (χ1v) is 8.19. The average molecular weight is 277 g/mol. The van der Waals surface area contributed by atoms with E-state index in [1.807, 2.05) is 0 Å². The molecule has 1 aromatic rings. The van der Waals surface area contributed by atoms with E-state index in [-0.39, 0.29) is 6.10 Å². The van der Waals surface area contributed by atoms with Crippen LogP contribution in [0, 0.1) is 0 Å². The first-order valence-electron chi connectivity index (χ1n) is 8.19. The van der Waals surface area contributed by atoms with Crippen LogP contribution in [0.5, 0.6) is 0 Å². The lowest BCUT2D eigenvalue weighted by molar-refractivity contribution is 0.0361. The molecular weight excluding hydrogens is 246 g/mol. The van der Waals surface area contributed by atoms with Crippen LogP contribution in [0.3, 0.4) is 0 Å². The largest absolute Gasteiger partial charge is 0.377 e. The van der Waals surface area contributed by atoms with Crippen molar-refractivity contribution in [2.45, 2.75) is 65.0 Å². The van der Waals surface area contributed by atoms with E-state index < -0.39 is 0 Å². The molecule has 114 valence electrons. The Bertz CT molecular complexity index is 325. The molecule has 0 aliphatic carbocycles. The van der Waals surface area contributed by atoms with Gasteiger partial charge in [0.1, 0.15) is 0 Å². The second-order valence-corrected chi connectivity index (χ2v) is 5.48. The van der Waals surface area contributed by atoms with Crippen LogP contribution in [0.25, 0.3) is 0 Å². The molecule has 2 nitrogen and oxygen atoms in total. The summed E-state index contributed by atoms with van der Waals surface area (Å²) in [5.74, 6) is 0. The molecule has 0 amide bonds. The topological polar surface area (TPSA) is 21.3 Å². The summed E-state index contributed by atoms with van der Waals surface area (Å²) in [6.07, 6.45) is 6.40. The number of rotatable bonds is 11. The number of hydrogen-bond acceptors (Lipinski definition) is 2. The highest BCUT2D eigenvalue weighted by Gasteiger charge is 2.18. The Labute approximate surface area is 124 Å². The Morgan fingerprint density at radius 3 is 2.40 bits per heavy atom. The summed E-state index contributed by atoms with van der Waals surface area (Å²) in [6, 6.07) is 10.9. The molecule has 0 saturated heterocycles. The third-order valence-corrected chi connectivity index (χ3v) is 3.62. The third-order valence-electron chi connectivity index (χ3n) is 3.62. The summed E-state index contributed by atoms with van der Waals surface area (Å²) in [6.45, 7) is 8.52. The summed E-state index contributed by atoms with van der Waals surface area (Å²) < 4.78 is 6.04. The molecule has 0 aliphatic heterocycles. The van der Waals surface area contributed by atoms with Crippen molar-refractivity contribution in [3.05, 3.63) is 35.9 Å².